The Kier molecular flexibility index (Phi) is 5.85. The first-order chi connectivity index (χ1) is 17.5. The number of aromatic nitrogens is 6. The fourth-order valence-electron chi connectivity index (χ4n) is 3.71. The van der Waals surface area contributed by atoms with Crippen molar-refractivity contribution >= 4 is 11.0 Å². The second-order valence-electron chi connectivity index (χ2n) is 8.00. The van der Waals surface area contributed by atoms with Gasteiger partial charge in [0.05, 0.1) is 22.4 Å². The summed E-state index contributed by atoms with van der Waals surface area (Å²) in [5, 5.41) is 11.9. The Balaban J connectivity index is 1.41. The van der Waals surface area contributed by atoms with E-state index in [0.29, 0.717) is 28.6 Å². The molecule has 188 valence electrons. The number of alkyl halides is 6. The molecule has 0 bridgehead atoms. The van der Waals surface area contributed by atoms with E-state index in [-0.39, 0.29) is 23.9 Å². The minimum atomic E-state index is -5.03. The Morgan fingerprint density at radius 3 is 2.30 bits per heavy atom. The fourth-order valence-corrected chi connectivity index (χ4v) is 3.71. The minimum absolute atomic E-state index is 0.0554. The van der Waals surface area contributed by atoms with Crippen LogP contribution in [0.2, 0.25) is 0 Å². The van der Waals surface area contributed by atoms with Crippen LogP contribution in [0, 0.1) is 5.82 Å². The summed E-state index contributed by atoms with van der Waals surface area (Å²) in [4.78, 5) is 7.34. The molecule has 0 aliphatic heterocycles. The summed E-state index contributed by atoms with van der Waals surface area (Å²) >= 11 is 0. The monoisotopic (exact) mass is 519 g/mol. The standard InChI is InChI=1S/C24H13F7N6/c25-18-4-2-1-3-16(18)22-33-20-10-32-37(12-21(20)34-22)11-14-6-8-19(36-35-14)15-7-5-13(23(26,27)28)9-17(15)24(29,30)31/h1-10,12H,11H2/p+1. The molecule has 37 heavy (non-hydrogen) atoms. The third kappa shape index (κ3) is 4.97. The number of hydrogen-bond donors (Lipinski definition) is 1. The lowest BCUT2D eigenvalue weighted by molar-refractivity contribution is -0.745. The highest BCUT2D eigenvalue weighted by Crippen LogP contribution is 2.40. The van der Waals surface area contributed by atoms with E-state index in [4.69, 9.17) is 0 Å². The molecule has 0 aliphatic carbocycles. The second kappa shape index (κ2) is 8.91. The number of aromatic amines is 1. The smallest absolute Gasteiger partial charge is 0.333 e. The van der Waals surface area contributed by atoms with Crippen LogP contribution >= 0.6 is 0 Å². The van der Waals surface area contributed by atoms with E-state index in [9.17, 15) is 30.7 Å². The maximum atomic E-state index is 14.1. The third-order valence-corrected chi connectivity index (χ3v) is 5.47. The van der Waals surface area contributed by atoms with Gasteiger partial charge < -0.3 is 4.98 Å². The molecule has 0 unspecified atom stereocenters. The maximum absolute atomic E-state index is 14.1. The molecule has 0 spiro atoms. The van der Waals surface area contributed by atoms with Crippen LogP contribution < -0.4 is 4.68 Å². The van der Waals surface area contributed by atoms with Crippen molar-refractivity contribution in [3.05, 3.63) is 89.6 Å². The van der Waals surface area contributed by atoms with Crippen LogP contribution in [0.1, 0.15) is 16.8 Å². The van der Waals surface area contributed by atoms with Crippen LogP contribution in [-0.2, 0) is 18.9 Å². The summed E-state index contributed by atoms with van der Waals surface area (Å²) in [5.41, 5.74) is -1.98. The lowest BCUT2D eigenvalue weighted by atomic mass is 10.00. The zero-order valence-electron chi connectivity index (χ0n) is 18.4. The molecule has 6 nitrogen and oxygen atoms in total. The molecule has 0 aliphatic rings. The van der Waals surface area contributed by atoms with E-state index < -0.39 is 34.9 Å². The van der Waals surface area contributed by atoms with Gasteiger partial charge in [-0.25, -0.2) is 9.37 Å². The van der Waals surface area contributed by atoms with Gasteiger partial charge in [0.25, 0.3) is 0 Å². The van der Waals surface area contributed by atoms with Crippen molar-refractivity contribution in [2.45, 2.75) is 18.9 Å². The van der Waals surface area contributed by atoms with Crippen LogP contribution in [0.5, 0.6) is 0 Å². The fraction of sp³-hybridized carbons (Fsp3) is 0.125. The van der Waals surface area contributed by atoms with Crippen LogP contribution in [0.25, 0.3) is 33.7 Å². The van der Waals surface area contributed by atoms with E-state index in [0.717, 1.165) is 6.07 Å². The molecule has 0 fully saturated rings. The normalized spacial score (nSPS) is 12.3. The number of H-pyrrole nitrogens is 1. The molecule has 0 saturated carbocycles. The Morgan fingerprint density at radius 2 is 1.62 bits per heavy atom. The first kappa shape index (κ1) is 24.3. The molecule has 0 radical (unpaired) electrons. The zero-order chi connectivity index (χ0) is 26.4. The average Bonchev–Trinajstić information content (AvgIpc) is 3.26. The van der Waals surface area contributed by atoms with E-state index >= 15 is 0 Å². The largest absolute Gasteiger partial charge is 0.417 e. The van der Waals surface area contributed by atoms with Gasteiger partial charge in [0.1, 0.15) is 34.6 Å². The van der Waals surface area contributed by atoms with Gasteiger partial charge in [-0.05, 0) is 41.5 Å². The molecule has 3 aromatic heterocycles. The number of fused-ring (bicyclic) bond motifs is 1. The van der Waals surface area contributed by atoms with Crippen molar-refractivity contribution in [1.82, 2.24) is 25.3 Å². The topological polar surface area (TPSA) is 71.2 Å². The molecule has 0 amide bonds. The lowest BCUT2D eigenvalue weighted by Crippen LogP contribution is -2.38. The number of nitrogens with zero attached hydrogens (tertiary/aromatic N) is 5. The summed E-state index contributed by atoms with van der Waals surface area (Å²) in [7, 11) is 0. The molecule has 1 N–H and O–H groups in total. The predicted octanol–water partition coefficient (Wildman–Crippen LogP) is 5.59. The van der Waals surface area contributed by atoms with Crippen molar-refractivity contribution < 1.29 is 35.4 Å². The average molecular weight is 519 g/mol. The van der Waals surface area contributed by atoms with Crippen molar-refractivity contribution in [3.63, 3.8) is 0 Å². The van der Waals surface area contributed by atoms with Gasteiger partial charge in [-0.2, -0.15) is 31.4 Å². The third-order valence-electron chi connectivity index (χ3n) is 5.47. The quantitative estimate of drug-likeness (QED) is 0.248. The first-order valence-corrected chi connectivity index (χ1v) is 10.6. The molecule has 5 rings (SSSR count). The number of benzene rings is 2. The number of rotatable bonds is 4. The summed E-state index contributed by atoms with van der Waals surface area (Å²) in [6.45, 7) is 0.0798. The summed E-state index contributed by atoms with van der Waals surface area (Å²) < 4.78 is 94.7. The highest BCUT2D eigenvalue weighted by Gasteiger charge is 2.38. The van der Waals surface area contributed by atoms with E-state index in [1.807, 2.05) is 0 Å². The minimum Gasteiger partial charge on any atom is -0.333 e. The van der Waals surface area contributed by atoms with E-state index in [1.54, 1.807) is 24.4 Å². The van der Waals surface area contributed by atoms with Crippen molar-refractivity contribution in [1.29, 1.82) is 0 Å². The molecular weight excluding hydrogens is 505 g/mol. The first-order valence-electron chi connectivity index (χ1n) is 10.6. The van der Waals surface area contributed by atoms with Gasteiger partial charge in [0.2, 0.25) is 12.7 Å². The lowest BCUT2D eigenvalue weighted by Gasteiger charge is -2.15. The van der Waals surface area contributed by atoms with Crippen molar-refractivity contribution in [3.8, 4) is 22.6 Å². The van der Waals surface area contributed by atoms with Crippen LogP contribution in [0.15, 0.2) is 67.0 Å². The highest BCUT2D eigenvalue weighted by molar-refractivity contribution is 5.77. The zero-order valence-corrected chi connectivity index (χ0v) is 18.4. The SMILES string of the molecule is Fc1ccccc1-c1nc2cn[n+](Cc3ccc(-c4ccc(C(F)(F)F)cc4C(F)(F)F)nn3)cc2[nH]1. The molecule has 0 atom stereocenters. The van der Waals surface area contributed by atoms with Crippen LogP contribution in [-0.4, -0.2) is 25.3 Å². The van der Waals surface area contributed by atoms with E-state index in [2.05, 4.69) is 25.3 Å². The molecular formula is C24H14F7N6+. The van der Waals surface area contributed by atoms with Crippen molar-refractivity contribution in [2.75, 3.05) is 0 Å². The van der Waals surface area contributed by atoms with Gasteiger partial charge in [-0.15, -0.1) is 5.10 Å². The van der Waals surface area contributed by atoms with Gasteiger partial charge in [0, 0.05) is 5.56 Å². The Morgan fingerprint density at radius 1 is 0.838 bits per heavy atom. The summed E-state index contributed by atoms with van der Waals surface area (Å²) in [6.07, 6.45) is -6.91. The maximum Gasteiger partial charge on any atom is 0.417 e. The van der Waals surface area contributed by atoms with Gasteiger partial charge >= 0.3 is 12.4 Å². The summed E-state index contributed by atoms with van der Waals surface area (Å²) in [5.74, 6) is -0.131. The van der Waals surface area contributed by atoms with Crippen LogP contribution in [0.3, 0.4) is 0 Å². The number of hydrogen-bond acceptors (Lipinski definition) is 4. The summed E-state index contributed by atoms with van der Waals surface area (Å²) in [6, 6.07) is 10.1. The number of halogens is 7. The predicted molar refractivity (Wildman–Crippen MR) is 116 cm³/mol. The van der Waals surface area contributed by atoms with E-state index in [1.165, 1.54) is 29.1 Å². The van der Waals surface area contributed by atoms with Crippen molar-refractivity contribution in [2.24, 2.45) is 0 Å². The Labute approximate surface area is 203 Å². The molecule has 0 saturated heterocycles. The number of imidazole rings is 1. The van der Waals surface area contributed by atoms with Gasteiger partial charge in [-0.3, -0.25) is 0 Å². The van der Waals surface area contributed by atoms with Crippen LogP contribution in [0.4, 0.5) is 30.7 Å². The highest BCUT2D eigenvalue weighted by atomic mass is 19.4. The van der Waals surface area contributed by atoms with Gasteiger partial charge in [0.15, 0.2) is 0 Å². The Bertz CT molecular complexity index is 1590. The Hall–Kier alpha value is -4.42. The molecule has 2 aromatic carbocycles. The molecule has 13 heteroatoms. The number of nitrogens with one attached hydrogen (secondary N) is 1. The second-order valence-corrected chi connectivity index (χ2v) is 8.00. The molecule has 3 heterocycles. The van der Waals surface area contributed by atoms with Gasteiger partial charge in [-0.1, -0.05) is 22.9 Å². The molecule has 5 aromatic rings.